The fraction of sp³-hybridized carbons (Fsp3) is 0.875. The van der Waals surface area contributed by atoms with Crippen molar-refractivity contribution in [3.63, 3.8) is 0 Å². The van der Waals surface area contributed by atoms with Crippen LogP contribution in [0.1, 0.15) is 46.5 Å². The molecular weight excluding hydrogens is 268 g/mol. The lowest BCUT2D eigenvalue weighted by molar-refractivity contribution is -0.164. The van der Waals surface area contributed by atoms with E-state index < -0.39 is 11.1 Å². The third-order valence-electron chi connectivity index (χ3n) is 5.67. The Morgan fingerprint density at radius 1 is 1.29 bits per heavy atom. The second-order valence-electron chi connectivity index (χ2n) is 7.21. The maximum atomic E-state index is 13.0. The fourth-order valence-electron chi connectivity index (χ4n) is 3.61. The molecule has 3 rings (SSSR count). The van der Waals surface area contributed by atoms with E-state index in [0.717, 1.165) is 25.9 Å². The van der Waals surface area contributed by atoms with Crippen molar-refractivity contribution in [2.75, 3.05) is 19.8 Å². The number of carbonyl (C=O) groups excluding carboxylic acids is 2. The molecule has 2 amide bonds. The second kappa shape index (κ2) is 4.97. The SMILES string of the molecule is CCC1(C)NC(=O)C(C)(C2CC2)N(CC2CCOC2)C1=O. The van der Waals surface area contributed by atoms with Gasteiger partial charge in [0.25, 0.3) is 0 Å². The Balaban J connectivity index is 1.91. The van der Waals surface area contributed by atoms with Crippen LogP contribution in [0.3, 0.4) is 0 Å². The van der Waals surface area contributed by atoms with Gasteiger partial charge >= 0.3 is 0 Å². The summed E-state index contributed by atoms with van der Waals surface area (Å²) in [6, 6.07) is 0. The number of rotatable bonds is 4. The van der Waals surface area contributed by atoms with Crippen LogP contribution in [0.15, 0.2) is 0 Å². The van der Waals surface area contributed by atoms with Gasteiger partial charge in [0.15, 0.2) is 0 Å². The van der Waals surface area contributed by atoms with Crippen LogP contribution >= 0.6 is 0 Å². The predicted molar refractivity (Wildman–Crippen MR) is 78.6 cm³/mol. The van der Waals surface area contributed by atoms with E-state index in [-0.39, 0.29) is 11.8 Å². The van der Waals surface area contributed by atoms with Gasteiger partial charge in [0.2, 0.25) is 11.8 Å². The molecule has 5 nitrogen and oxygen atoms in total. The highest BCUT2D eigenvalue weighted by Crippen LogP contribution is 2.46. The van der Waals surface area contributed by atoms with Gasteiger partial charge < -0.3 is 15.0 Å². The van der Waals surface area contributed by atoms with Crippen LogP contribution in [-0.2, 0) is 14.3 Å². The molecular formula is C16H26N2O3. The van der Waals surface area contributed by atoms with E-state index in [1.54, 1.807) is 0 Å². The van der Waals surface area contributed by atoms with Gasteiger partial charge in [0, 0.05) is 19.1 Å². The summed E-state index contributed by atoms with van der Waals surface area (Å²) in [6.45, 7) is 7.86. The Kier molecular flexibility index (Phi) is 3.51. The molecule has 3 unspecified atom stereocenters. The van der Waals surface area contributed by atoms with Crippen molar-refractivity contribution in [2.24, 2.45) is 11.8 Å². The average Bonchev–Trinajstić information content (AvgIpc) is 3.20. The molecule has 1 aliphatic carbocycles. The maximum Gasteiger partial charge on any atom is 0.248 e. The molecule has 3 fully saturated rings. The Hall–Kier alpha value is -1.10. The van der Waals surface area contributed by atoms with E-state index in [4.69, 9.17) is 4.74 Å². The van der Waals surface area contributed by atoms with Crippen LogP contribution in [0.4, 0.5) is 0 Å². The molecule has 118 valence electrons. The highest BCUT2D eigenvalue weighted by atomic mass is 16.5. The molecule has 2 aliphatic heterocycles. The van der Waals surface area contributed by atoms with Gasteiger partial charge in [-0.15, -0.1) is 0 Å². The molecule has 0 aromatic heterocycles. The first kappa shape index (κ1) is 14.8. The lowest BCUT2D eigenvalue weighted by Crippen LogP contribution is -2.75. The normalized spacial score (nSPS) is 40.5. The summed E-state index contributed by atoms with van der Waals surface area (Å²) in [5.41, 5.74) is -1.43. The summed E-state index contributed by atoms with van der Waals surface area (Å²) in [5.74, 6) is 0.767. The molecule has 0 aromatic carbocycles. The van der Waals surface area contributed by atoms with Crippen LogP contribution in [-0.4, -0.2) is 47.6 Å². The van der Waals surface area contributed by atoms with E-state index in [9.17, 15) is 9.59 Å². The summed E-state index contributed by atoms with van der Waals surface area (Å²) in [7, 11) is 0. The Labute approximate surface area is 126 Å². The van der Waals surface area contributed by atoms with Gasteiger partial charge in [-0.25, -0.2) is 0 Å². The molecule has 2 saturated heterocycles. The average molecular weight is 294 g/mol. The first-order chi connectivity index (χ1) is 9.91. The summed E-state index contributed by atoms with van der Waals surface area (Å²) in [4.78, 5) is 27.7. The highest BCUT2D eigenvalue weighted by Gasteiger charge is 2.59. The quantitative estimate of drug-likeness (QED) is 0.850. The summed E-state index contributed by atoms with van der Waals surface area (Å²) < 4.78 is 5.44. The maximum absolute atomic E-state index is 13.0. The van der Waals surface area contributed by atoms with Crippen molar-refractivity contribution in [3.8, 4) is 0 Å². The van der Waals surface area contributed by atoms with Crippen LogP contribution in [0.2, 0.25) is 0 Å². The van der Waals surface area contributed by atoms with E-state index in [1.807, 2.05) is 25.7 Å². The van der Waals surface area contributed by atoms with Crippen molar-refractivity contribution in [2.45, 2.75) is 57.5 Å². The monoisotopic (exact) mass is 294 g/mol. The Morgan fingerprint density at radius 3 is 2.52 bits per heavy atom. The number of carbonyl (C=O) groups is 2. The number of nitrogens with one attached hydrogen (secondary N) is 1. The number of piperazine rings is 1. The molecule has 2 heterocycles. The molecule has 21 heavy (non-hydrogen) atoms. The summed E-state index contributed by atoms with van der Waals surface area (Å²) in [5, 5.41) is 3.00. The zero-order valence-electron chi connectivity index (χ0n) is 13.3. The molecule has 3 aliphatic rings. The Bertz CT molecular complexity index is 456. The smallest absolute Gasteiger partial charge is 0.248 e. The number of nitrogens with zero attached hydrogens (tertiary/aromatic N) is 1. The molecule has 1 N–H and O–H groups in total. The zero-order valence-corrected chi connectivity index (χ0v) is 13.3. The topological polar surface area (TPSA) is 58.6 Å². The lowest BCUT2D eigenvalue weighted by atomic mass is 9.82. The first-order valence-electron chi connectivity index (χ1n) is 8.14. The number of ether oxygens (including phenoxy) is 1. The largest absolute Gasteiger partial charge is 0.381 e. The minimum absolute atomic E-state index is 0.0212. The third-order valence-corrected chi connectivity index (χ3v) is 5.67. The minimum Gasteiger partial charge on any atom is -0.381 e. The zero-order chi connectivity index (χ0) is 15.3. The fourth-order valence-corrected chi connectivity index (χ4v) is 3.61. The summed E-state index contributed by atoms with van der Waals surface area (Å²) in [6.07, 6.45) is 3.68. The molecule has 0 radical (unpaired) electrons. The van der Waals surface area contributed by atoms with Gasteiger partial charge in [-0.3, -0.25) is 9.59 Å². The van der Waals surface area contributed by atoms with Gasteiger partial charge in [-0.05, 0) is 45.4 Å². The van der Waals surface area contributed by atoms with Gasteiger partial charge in [0.1, 0.15) is 11.1 Å². The Morgan fingerprint density at radius 2 is 2.00 bits per heavy atom. The van der Waals surface area contributed by atoms with Crippen molar-refractivity contribution in [1.29, 1.82) is 0 Å². The number of hydrogen-bond donors (Lipinski definition) is 1. The first-order valence-corrected chi connectivity index (χ1v) is 8.14. The molecule has 0 bridgehead atoms. The standard InChI is InChI=1S/C16H26N2O3/c1-4-15(2)14(20)18(9-11-7-8-21-10-11)16(3,12-5-6-12)13(19)17-15/h11-12H,4-10H2,1-3H3,(H,17,19). The number of hydrogen-bond acceptors (Lipinski definition) is 3. The van der Waals surface area contributed by atoms with Gasteiger partial charge in [-0.2, -0.15) is 0 Å². The van der Waals surface area contributed by atoms with E-state index >= 15 is 0 Å². The van der Waals surface area contributed by atoms with Crippen molar-refractivity contribution >= 4 is 11.8 Å². The number of amides is 2. The lowest BCUT2D eigenvalue weighted by Gasteiger charge is -2.51. The van der Waals surface area contributed by atoms with Crippen LogP contribution in [0.25, 0.3) is 0 Å². The van der Waals surface area contributed by atoms with Crippen LogP contribution in [0, 0.1) is 11.8 Å². The van der Waals surface area contributed by atoms with Gasteiger partial charge in [0.05, 0.1) is 6.61 Å². The molecule has 0 spiro atoms. The van der Waals surface area contributed by atoms with E-state index in [0.29, 0.717) is 31.4 Å². The highest BCUT2D eigenvalue weighted by molar-refractivity contribution is 6.02. The molecule has 1 saturated carbocycles. The van der Waals surface area contributed by atoms with Crippen LogP contribution in [0.5, 0.6) is 0 Å². The molecule has 3 atom stereocenters. The third kappa shape index (κ3) is 2.26. The second-order valence-corrected chi connectivity index (χ2v) is 7.21. The minimum atomic E-state index is -0.759. The predicted octanol–water partition coefficient (Wildman–Crippen LogP) is 1.32. The van der Waals surface area contributed by atoms with Gasteiger partial charge in [-0.1, -0.05) is 6.92 Å². The van der Waals surface area contributed by atoms with E-state index in [1.165, 1.54) is 0 Å². The molecule has 5 heteroatoms. The summed E-state index contributed by atoms with van der Waals surface area (Å²) >= 11 is 0. The van der Waals surface area contributed by atoms with Crippen molar-refractivity contribution < 1.29 is 14.3 Å². The van der Waals surface area contributed by atoms with Crippen molar-refractivity contribution in [3.05, 3.63) is 0 Å². The van der Waals surface area contributed by atoms with E-state index in [2.05, 4.69) is 5.32 Å². The van der Waals surface area contributed by atoms with Crippen LogP contribution < -0.4 is 5.32 Å². The van der Waals surface area contributed by atoms with Crippen molar-refractivity contribution in [1.82, 2.24) is 10.2 Å². The molecule has 0 aromatic rings.